The average Bonchev–Trinajstić information content (AvgIpc) is 2.41. The number of carbonyl (C=O) groups excluding carboxylic acids is 4. The van der Waals surface area contributed by atoms with Crippen molar-refractivity contribution in [1.82, 2.24) is 4.98 Å². The minimum Gasteiger partial charge on any atom is -0.307 e. The molecule has 78 valence electrons. The molecule has 0 aliphatic rings. The zero-order valence-electron chi connectivity index (χ0n) is 7.80. The van der Waals surface area contributed by atoms with Crippen LogP contribution in [0, 0.1) is 0 Å². The molecule has 0 fully saturated rings. The Morgan fingerprint density at radius 3 is 0.929 bits per heavy atom. The molecule has 0 N–H and O–H groups in total. The Bertz CT molecular complexity index is 125. The van der Waals surface area contributed by atoms with Crippen LogP contribution in [0.25, 0.3) is 0 Å². The van der Waals surface area contributed by atoms with Gasteiger partial charge in [-0.2, -0.15) is 0 Å². The highest BCUT2D eigenvalue weighted by atomic mass is 16.1. The molecule has 14 heavy (non-hydrogen) atoms. The molecule has 0 aromatic carbocycles. The van der Waals surface area contributed by atoms with Crippen LogP contribution < -0.4 is 0 Å². The van der Waals surface area contributed by atoms with Gasteiger partial charge in [0.25, 0.3) is 0 Å². The van der Waals surface area contributed by atoms with Gasteiger partial charge in [-0.3, -0.25) is 4.98 Å². The minimum atomic E-state index is 1.75. The third-order valence-electron chi connectivity index (χ3n) is 0.566. The van der Waals surface area contributed by atoms with E-state index in [9.17, 15) is 0 Å². The van der Waals surface area contributed by atoms with Gasteiger partial charge in [-0.15, -0.1) is 0 Å². The van der Waals surface area contributed by atoms with Crippen LogP contribution in [0.3, 0.4) is 0 Å². The first kappa shape index (κ1) is 22.6. The number of aromatic nitrogens is 1. The first-order chi connectivity index (χ1) is 7.00. The van der Waals surface area contributed by atoms with Gasteiger partial charge in [0.2, 0.25) is 0 Å². The largest absolute Gasteiger partial charge is 0.307 e. The smallest absolute Gasteiger partial charge is 0.106 e. The minimum absolute atomic E-state index is 1.75. The molecule has 0 amide bonds. The number of rotatable bonds is 0. The number of pyridine rings is 1. The van der Waals surface area contributed by atoms with Crippen molar-refractivity contribution in [3.63, 3.8) is 0 Å². The molecule has 0 saturated carbocycles. The summed E-state index contributed by atoms with van der Waals surface area (Å²) in [5.41, 5.74) is 0. The Morgan fingerprint density at radius 2 is 0.857 bits per heavy atom. The van der Waals surface area contributed by atoms with Crippen LogP contribution in [-0.2, 0) is 19.2 Å². The van der Waals surface area contributed by atoms with E-state index in [0.29, 0.717) is 0 Å². The Kier molecular flexibility index (Phi) is 115. The van der Waals surface area contributed by atoms with E-state index < -0.39 is 0 Å². The fourth-order valence-electron chi connectivity index (χ4n) is 0.313. The molecule has 0 aliphatic carbocycles. The highest BCUT2D eigenvalue weighted by molar-refractivity contribution is 5.11. The van der Waals surface area contributed by atoms with Crippen molar-refractivity contribution in [2.75, 3.05) is 0 Å². The molecule has 0 spiro atoms. The summed E-state index contributed by atoms with van der Waals surface area (Å²) < 4.78 is 0. The lowest BCUT2D eigenvalue weighted by atomic mass is 10.5. The fraction of sp³-hybridized carbons (Fsp3) is 0. The van der Waals surface area contributed by atoms with Gasteiger partial charge in [0.1, 0.15) is 27.2 Å². The Hall–Kier alpha value is -2.17. The van der Waals surface area contributed by atoms with E-state index in [4.69, 9.17) is 19.2 Å². The summed E-state index contributed by atoms with van der Waals surface area (Å²) in [5.74, 6) is 0. The quantitative estimate of drug-likeness (QED) is 0.601. The monoisotopic (exact) mass is 199 g/mol. The third-order valence-corrected chi connectivity index (χ3v) is 0.566. The molecule has 5 heteroatoms. The molecular weight excluding hydrogens is 186 g/mol. The maximum Gasteiger partial charge on any atom is 0.106 e. The van der Waals surface area contributed by atoms with E-state index in [0.717, 1.165) is 0 Å². The lowest BCUT2D eigenvalue weighted by Crippen LogP contribution is -1.58. The summed E-state index contributed by atoms with van der Waals surface area (Å²) in [6.07, 6.45) is 3.50. The van der Waals surface area contributed by atoms with Crippen molar-refractivity contribution in [2.24, 2.45) is 0 Å². The molecule has 0 atom stereocenters. The van der Waals surface area contributed by atoms with Gasteiger partial charge in [0.15, 0.2) is 0 Å². The van der Waals surface area contributed by atoms with E-state index in [1.165, 1.54) is 0 Å². The lowest BCUT2D eigenvalue weighted by Gasteiger charge is -1.70. The van der Waals surface area contributed by atoms with Crippen molar-refractivity contribution >= 4 is 27.2 Å². The molecule has 1 heterocycles. The van der Waals surface area contributed by atoms with Gasteiger partial charge in [0, 0.05) is 12.4 Å². The Morgan fingerprint density at radius 1 is 0.571 bits per heavy atom. The van der Waals surface area contributed by atoms with Crippen LogP contribution in [0.1, 0.15) is 0 Å². The van der Waals surface area contributed by atoms with Crippen LogP contribution in [-0.4, -0.2) is 32.1 Å². The van der Waals surface area contributed by atoms with Crippen molar-refractivity contribution in [3.05, 3.63) is 30.6 Å². The van der Waals surface area contributed by atoms with Crippen molar-refractivity contribution in [2.45, 2.75) is 0 Å². The summed E-state index contributed by atoms with van der Waals surface area (Å²) in [5, 5.41) is 0. The number of hydrogen-bond donors (Lipinski definition) is 0. The molecule has 0 unspecified atom stereocenters. The zero-order valence-corrected chi connectivity index (χ0v) is 7.80. The molecule has 0 radical (unpaired) electrons. The number of carbonyl (C=O) groups is 4. The molecule has 1 aromatic heterocycles. The third kappa shape index (κ3) is 52.2. The Balaban J connectivity index is -0.0000000542. The van der Waals surface area contributed by atoms with E-state index in [2.05, 4.69) is 4.98 Å². The highest BCUT2D eigenvalue weighted by Crippen LogP contribution is 1.73. The van der Waals surface area contributed by atoms with Gasteiger partial charge >= 0.3 is 0 Å². The number of nitrogens with zero attached hydrogens (tertiary/aromatic N) is 1. The summed E-state index contributed by atoms with van der Waals surface area (Å²) in [6.45, 7) is 8.00. The first-order valence-electron chi connectivity index (χ1n) is 3.00. The van der Waals surface area contributed by atoms with Crippen LogP contribution in [0.15, 0.2) is 30.6 Å². The molecule has 1 aromatic rings. The summed E-state index contributed by atoms with van der Waals surface area (Å²) in [6, 6.07) is 5.72. The normalized spacial score (nSPS) is 4.57. The molecule has 0 aliphatic heterocycles. The maximum atomic E-state index is 8.00. The number of hydrogen-bond acceptors (Lipinski definition) is 5. The molecule has 5 nitrogen and oxygen atoms in total. The standard InChI is InChI=1S/C5H5N.4CH2O/c1-2-4-6-5-3-1;4*1-2/h1-5H;4*1H2. The SMILES string of the molecule is C=O.C=O.C=O.C=O.c1ccncc1. The highest BCUT2D eigenvalue weighted by Gasteiger charge is 1.58. The second-order valence-electron chi connectivity index (χ2n) is 1.02. The molecular formula is C9H13NO4. The summed E-state index contributed by atoms with van der Waals surface area (Å²) in [4.78, 5) is 35.8. The second-order valence-corrected chi connectivity index (χ2v) is 1.02. The van der Waals surface area contributed by atoms with Gasteiger partial charge in [0.05, 0.1) is 0 Å². The van der Waals surface area contributed by atoms with Crippen LogP contribution >= 0.6 is 0 Å². The predicted molar refractivity (Wildman–Crippen MR) is 52.7 cm³/mol. The van der Waals surface area contributed by atoms with Gasteiger partial charge in [-0.05, 0) is 12.1 Å². The first-order valence-corrected chi connectivity index (χ1v) is 3.00. The van der Waals surface area contributed by atoms with E-state index in [1.807, 2.05) is 45.4 Å². The van der Waals surface area contributed by atoms with Crippen LogP contribution in [0.2, 0.25) is 0 Å². The fourth-order valence-corrected chi connectivity index (χ4v) is 0.313. The topological polar surface area (TPSA) is 81.2 Å². The molecule has 0 bridgehead atoms. The van der Waals surface area contributed by atoms with Gasteiger partial charge in [-0.25, -0.2) is 0 Å². The average molecular weight is 199 g/mol. The van der Waals surface area contributed by atoms with Crippen molar-refractivity contribution in [1.29, 1.82) is 0 Å². The van der Waals surface area contributed by atoms with E-state index in [-0.39, 0.29) is 0 Å². The molecule has 0 saturated heterocycles. The van der Waals surface area contributed by atoms with Crippen molar-refractivity contribution in [3.8, 4) is 0 Å². The maximum absolute atomic E-state index is 8.00. The second kappa shape index (κ2) is 71.3. The summed E-state index contributed by atoms with van der Waals surface area (Å²) >= 11 is 0. The van der Waals surface area contributed by atoms with Crippen LogP contribution in [0.5, 0.6) is 0 Å². The van der Waals surface area contributed by atoms with Gasteiger partial charge in [-0.1, -0.05) is 6.07 Å². The van der Waals surface area contributed by atoms with Crippen LogP contribution in [0.4, 0.5) is 0 Å². The predicted octanol–water partition coefficient (Wildman–Crippen LogP) is 0.342. The lowest BCUT2D eigenvalue weighted by molar-refractivity contribution is -0.0987. The Labute approximate surface area is 82.8 Å². The molecule has 1 rings (SSSR count). The van der Waals surface area contributed by atoms with Gasteiger partial charge < -0.3 is 19.2 Å². The summed E-state index contributed by atoms with van der Waals surface area (Å²) in [7, 11) is 0. The van der Waals surface area contributed by atoms with E-state index in [1.54, 1.807) is 12.4 Å². The van der Waals surface area contributed by atoms with E-state index >= 15 is 0 Å². The zero-order chi connectivity index (χ0) is 12.2. The van der Waals surface area contributed by atoms with Crippen molar-refractivity contribution < 1.29 is 19.2 Å².